The standard InChI is InChI=1S/C19H27ClO4/c1-22-18-15-16(10-12-19(21)23-2)9-11-17(18)24-14-8-6-4-3-5-7-13-20/h9-12,15H,3-8,13-14H2,1-2H3. The van der Waals surface area contributed by atoms with Gasteiger partial charge in [-0.3, -0.25) is 0 Å². The minimum absolute atomic E-state index is 0.389. The van der Waals surface area contributed by atoms with Crippen molar-refractivity contribution in [2.75, 3.05) is 26.7 Å². The van der Waals surface area contributed by atoms with Crippen molar-refractivity contribution in [2.24, 2.45) is 0 Å². The van der Waals surface area contributed by atoms with Crippen LogP contribution in [0.25, 0.3) is 6.08 Å². The van der Waals surface area contributed by atoms with E-state index in [1.54, 1.807) is 13.2 Å². The molecule has 0 amide bonds. The van der Waals surface area contributed by atoms with Crippen LogP contribution in [0.2, 0.25) is 0 Å². The highest BCUT2D eigenvalue weighted by Gasteiger charge is 2.05. The molecule has 0 radical (unpaired) electrons. The summed E-state index contributed by atoms with van der Waals surface area (Å²) in [6, 6.07) is 5.57. The molecule has 1 rings (SSSR count). The van der Waals surface area contributed by atoms with Crippen LogP contribution in [0, 0.1) is 0 Å². The van der Waals surface area contributed by atoms with Gasteiger partial charge in [0.05, 0.1) is 20.8 Å². The third kappa shape index (κ3) is 8.25. The van der Waals surface area contributed by atoms with Gasteiger partial charge in [-0.1, -0.05) is 31.7 Å². The first-order valence-corrected chi connectivity index (χ1v) is 8.87. The van der Waals surface area contributed by atoms with Gasteiger partial charge in [0.2, 0.25) is 0 Å². The van der Waals surface area contributed by atoms with E-state index in [4.69, 9.17) is 21.1 Å². The van der Waals surface area contributed by atoms with Crippen molar-refractivity contribution in [3.8, 4) is 11.5 Å². The third-order valence-electron chi connectivity index (χ3n) is 3.59. The van der Waals surface area contributed by atoms with Crippen LogP contribution >= 0.6 is 11.6 Å². The second-order valence-corrected chi connectivity index (χ2v) is 5.80. The zero-order chi connectivity index (χ0) is 17.6. The summed E-state index contributed by atoms with van der Waals surface area (Å²) in [6.45, 7) is 0.670. The Kier molecular flexibility index (Phi) is 10.8. The molecular formula is C19H27ClO4. The van der Waals surface area contributed by atoms with Crippen molar-refractivity contribution in [2.45, 2.75) is 38.5 Å². The number of ether oxygens (including phenoxy) is 3. The molecule has 0 aliphatic carbocycles. The number of unbranched alkanes of at least 4 members (excludes halogenated alkanes) is 5. The smallest absolute Gasteiger partial charge is 0.330 e. The Balaban J connectivity index is 2.40. The summed E-state index contributed by atoms with van der Waals surface area (Å²) in [7, 11) is 2.95. The van der Waals surface area contributed by atoms with E-state index in [9.17, 15) is 4.79 Å². The molecule has 24 heavy (non-hydrogen) atoms. The number of carbonyl (C=O) groups excluding carboxylic acids is 1. The molecule has 0 aliphatic heterocycles. The number of rotatable bonds is 12. The molecule has 0 aliphatic rings. The van der Waals surface area contributed by atoms with Gasteiger partial charge in [-0.05, 0) is 36.6 Å². The number of hydrogen-bond acceptors (Lipinski definition) is 4. The second-order valence-electron chi connectivity index (χ2n) is 5.43. The van der Waals surface area contributed by atoms with Gasteiger partial charge in [-0.2, -0.15) is 0 Å². The first-order chi connectivity index (χ1) is 11.7. The van der Waals surface area contributed by atoms with Crippen LogP contribution in [0.5, 0.6) is 11.5 Å². The highest BCUT2D eigenvalue weighted by Crippen LogP contribution is 2.28. The van der Waals surface area contributed by atoms with Crippen molar-refractivity contribution >= 4 is 23.6 Å². The number of hydrogen-bond donors (Lipinski definition) is 0. The van der Waals surface area contributed by atoms with Crippen LogP contribution in [0.4, 0.5) is 0 Å². The van der Waals surface area contributed by atoms with Gasteiger partial charge in [-0.25, -0.2) is 4.79 Å². The molecule has 4 nitrogen and oxygen atoms in total. The molecule has 1 aromatic rings. The minimum atomic E-state index is -0.389. The number of benzene rings is 1. The lowest BCUT2D eigenvalue weighted by molar-refractivity contribution is -0.134. The zero-order valence-electron chi connectivity index (χ0n) is 14.6. The fourth-order valence-electron chi connectivity index (χ4n) is 2.23. The summed E-state index contributed by atoms with van der Waals surface area (Å²) in [5, 5.41) is 0. The molecule has 134 valence electrons. The normalized spacial score (nSPS) is 10.8. The lowest BCUT2D eigenvalue weighted by Gasteiger charge is -2.11. The van der Waals surface area contributed by atoms with E-state index in [1.807, 2.05) is 18.2 Å². The predicted octanol–water partition coefficient (Wildman–Crippen LogP) is 4.84. The largest absolute Gasteiger partial charge is 0.493 e. The van der Waals surface area contributed by atoms with Gasteiger partial charge < -0.3 is 14.2 Å². The summed E-state index contributed by atoms with van der Waals surface area (Å²) in [4.78, 5) is 11.1. The van der Waals surface area contributed by atoms with E-state index >= 15 is 0 Å². The van der Waals surface area contributed by atoms with Crippen molar-refractivity contribution in [3.63, 3.8) is 0 Å². The first-order valence-electron chi connectivity index (χ1n) is 8.34. The van der Waals surface area contributed by atoms with Gasteiger partial charge >= 0.3 is 5.97 Å². The summed E-state index contributed by atoms with van der Waals surface area (Å²) in [5.41, 5.74) is 0.851. The molecule has 0 saturated heterocycles. The third-order valence-corrected chi connectivity index (χ3v) is 3.85. The highest BCUT2D eigenvalue weighted by atomic mass is 35.5. The van der Waals surface area contributed by atoms with Crippen molar-refractivity contribution in [1.82, 2.24) is 0 Å². The van der Waals surface area contributed by atoms with Gasteiger partial charge in [0.1, 0.15) is 0 Å². The van der Waals surface area contributed by atoms with Gasteiger partial charge in [0.25, 0.3) is 0 Å². The Hall–Kier alpha value is -1.68. The van der Waals surface area contributed by atoms with Crippen LogP contribution in [0.1, 0.15) is 44.1 Å². The highest BCUT2D eigenvalue weighted by molar-refractivity contribution is 6.17. The molecule has 0 saturated carbocycles. The van der Waals surface area contributed by atoms with Crippen LogP contribution in [0.15, 0.2) is 24.3 Å². The number of halogens is 1. The fourth-order valence-corrected chi connectivity index (χ4v) is 2.41. The SMILES string of the molecule is COC(=O)C=Cc1ccc(OCCCCCCCCCl)c(OC)c1. The summed E-state index contributed by atoms with van der Waals surface area (Å²) < 4.78 is 15.7. The average molecular weight is 355 g/mol. The second kappa shape index (κ2) is 12.7. The maximum atomic E-state index is 11.1. The maximum Gasteiger partial charge on any atom is 0.330 e. The lowest BCUT2D eigenvalue weighted by atomic mass is 10.1. The molecule has 0 bridgehead atoms. The molecule has 5 heteroatoms. The van der Waals surface area contributed by atoms with Gasteiger partial charge in [0.15, 0.2) is 11.5 Å². The molecule has 0 spiro atoms. The summed E-state index contributed by atoms with van der Waals surface area (Å²) in [6.07, 6.45) is 9.99. The van der Waals surface area contributed by atoms with Gasteiger partial charge in [0, 0.05) is 12.0 Å². The van der Waals surface area contributed by atoms with Crippen molar-refractivity contribution in [1.29, 1.82) is 0 Å². The van der Waals surface area contributed by atoms with E-state index in [0.29, 0.717) is 12.4 Å². The number of methoxy groups -OCH3 is 2. The van der Waals surface area contributed by atoms with Crippen molar-refractivity contribution in [3.05, 3.63) is 29.8 Å². The quantitative estimate of drug-likeness (QED) is 0.233. The lowest BCUT2D eigenvalue weighted by Crippen LogP contribution is -1.99. The Morgan fingerprint density at radius 3 is 2.42 bits per heavy atom. The molecule has 0 atom stereocenters. The molecule has 1 aromatic carbocycles. The monoisotopic (exact) mass is 354 g/mol. The Morgan fingerprint density at radius 2 is 1.75 bits per heavy atom. The van der Waals surface area contributed by atoms with Gasteiger partial charge in [-0.15, -0.1) is 11.6 Å². The number of carbonyl (C=O) groups is 1. The van der Waals surface area contributed by atoms with E-state index in [-0.39, 0.29) is 5.97 Å². The summed E-state index contributed by atoms with van der Waals surface area (Å²) in [5.74, 6) is 1.74. The molecule has 0 aromatic heterocycles. The van der Waals surface area contributed by atoms with Crippen LogP contribution < -0.4 is 9.47 Å². The molecule has 0 fully saturated rings. The predicted molar refractivity (Wildman–Crippen MR) is 98.0 cm³/mol. The minimum Gasteiger partial charge on any atom is -0.493 e. The topological polar surface area (TPSA) is 44.8 Å². The molecule has 0 heterocycles. The van der Waals surface area contributed by atoms with E-state index in [0.717, 1.165) is 36.5 Å². The van der Waals surface area contributed by atoms with Crippen LogP contribution in [-0.2, 0) is 9.53 Å². The van der Waals surface area contributed by atoms with Crippen LogP contribution in [0.3, 0.4) is 0 Å². The Labute approximate surface area is 149 Å². The molecular weight excluding hydrogens is 328 g/mol. The maximum absolute atomic E-state index is 11.1. The molecule has 0 unspecified atom stereocenters. The first kappa shape index (κ1) is 20.4. The fraction of sp³-hybridized carbons (Fsp3) is 0.526. The van der Waals surface area contributed by atoms with E-state index in [2.05, 4.69) is 4.74 Å². The van der Waals surface area contributed by atoms with E-state index < -0.39 is 0 Å². The van der Waals surface area contributed by atoms with Crippen molar-refractivity contribution < 1.29 is 19.0 Å². The number of alkyl halides is 1. The Morgan fingerprint density at radius 1 is 1.04 bits per heavy atom. The average Bonchev–Trinajstić information content (AvgIpc) is 2.62. The summed E-state index contributed by atoms with van der Waals surface area (Å²) >= 11 is 5.66. The number of esters is 1. The molecule has 0 N–H and O–H groups in total. The Bertz CT molecular complexity index is 514. The van der Waals surface area contributed by atoms with Crippen LogP contribution in [-0.4, -0.2) is 32.7 Å². The zero-order valence-corrected chi connectivity index (χ0v) is 15.3. The van der Waals surface area contributed by atoms with E-state index in [1.165, 1.54) is 32.4 Å².